The summed E-state index contributed by atoms with van der Waals surface area (Å²) in [5.41, 5.74) is 0. The molecule has 0 saturated carbocycles. The van der Waals surface area contributed by atoms with Gasteiger partial charge in [-0.15, -0.1) is 0 Å². The van der Waals surface area contributed by atoms with Crippen molar-refractivity contribution in [2.24, 2.45) is 0 Å². The molecule has 2 unspecified atom stereocenters. The van der Waals surface area contributed by atoms with E-state index in [4.69, 9.17) is 9.84 Å². The first-order valence-electron chi connectivity index (χ1n) is 6.93. The maximum absolute atomic E-state index is 11.7. The van der Waals surface area contributed by atoms with E-state index in [1.54, 1.807) is 0 Å². The average Bonchev–Trinajstić information content (AvgIpc) is 2.69. The summed E-state index contributed by atoms with van der Waals surface area (Å²) in [4.78, 5) is 24.2. The summed E-state index contributed by atoms with van der Waals surface area (Å²) in [7, 11) is 0. The van der Waals surface area contributed by atoms with Gasteiger partial charge in [0.15, 0.2) is 0 Å². The summed E-state index contributed by atoms with van der Waals surface area (Å²) in [6.07, 6.45) is 0.385. The van der Waals surface area contributed by atoms with Crippen molar-refractivity contribution in [2.75, 3.05) is 26.2 Å². The summed E-state index contributed by atoms with van der Waals surface area (Å²) in [6.45, 7) is 5.20. The first kappa shape index (κ1) is 16.9. The summed E-state index contributed by atoms with van der Waals surface area (Å²) >= 11 is 0. The first-order chi connectivity index (χ1) is 9.40. The molecule has 1 amide bonds. The Morgan fingerprint density at radius 3 is 2.75 bits per heavy atom. The van der Waals surface area contributed by atoms with Crippen molar-refractivity contribution < 1.29 is 24.5 Å². The van der Waals surface area contributed by atoms with Crippen LogP contribution in [0.1, 0.15) is 26.7 Å². The lowest BCUT2D eigenvalue weighted by Gasteiger charge is -2.19. The van der Waals surface area contributed by atoms with Crippen molar-refractivity contribution in [2.45, 2.75) is 44.9 Å². The average molecular weight is 288 g/mol. The lowest BCUT2D eigenvalue weighted by atomic mass is 10.2. The molecule has 7 heteroatoms. The second-order valence-corrected chi connectivity index (χ2v) is 5.30. The van der Waals surface area contributed by atoms with Crippen LogP contribution in [0.2, 0.25) is 0 Å². The zero-order valence-corrected chi connectivity index (χ0v) is 12.0. The second kappa shape index (κ2) is 8.18. The van der Waals surface area contributed by atoms with Gasteiger partial charge in [-0.05, 0) is 20.3 Å². The summed E-state index contributed by atoms with van der Waals surface area (Å²) in [5.74, 6) is -1.23. The fourth-order valence-corrected chi connectivity index (χ4v) is 2.17. The van der Waals surface area contributed by atoms with Crippen molar-refractivity contribution in [1.82, 2.24) is 10.2 Å². The number of β-amino-alcohol motifs (C(OH)–C–C–N with tert-alkyl or cyclic N) is 1. The van der Waals surface area contributed by atoms with Crippen LogP contribution in [0.4, 0.5) is 0 Å². The number of amides is 1. The van der Waals surface area contributed by atoms with Crippen molar-refractivity contribution in [1.29, 1.82) is 0 Å². The van der Waals surface area contributed by atoms with Crippen LogP contribution in [0.15, 0.2) is 0 Å². The van der Waals surface area contributed by atoms with Crippen LogP contribution in [0.5, 0.6) is 0 Å². The maximum atomic E-state index is 11.7. The van der Waals surface area contributed by atoms with E-state index in [0.717, 1.165) is 6.42 Å². The number of aliphatic hydroxyl groups excluding tert-OH is 1. The first-order valence-corrected chi connectivity index (χ1v) is 6.93. The van der Waals surface area contributed by atoms with E-state index in [9.17, 15) is 14.7 Å². The van der Waals surface area contributed by atoms with Gasteiger partial charge in [-0.2, -0.15) is 0 Å². The molecule has 1 rings (SSSR count). The van der Waals surface area contributed by atoms with Gasteiger partial charge in [0.25, 0.3) is 0 Å². The number of aliphatic hydroxyl groups is 1. The number of carboxylic acids is 1. The number of hydrogen-bond acceptors (Lipinski definition) is 5. The third-order valence-corrected chi connectivity index (χ3v) is 3.11. The van der Waals surface area contributed by atoms with E-state index < -0.39 is 18.1 Å². The number of nitrogens with zero attached hydrogens (tertiary/aromatic N) is 1. The summed E-state index contributed by atoms with van der Waals surface area (Å²) < 4.78 is 5.35. The van der Waals surface area contributed by atoms with Crippen molar-refractivity contribution in [3.8, 4) is 0 Å². The van der Waals surface area contributed by atoms with Crippen molar-refractivity contribution in [3.05, 3.63) is 0 Å². The molecule has 116 valence electrons. The quantitative estimate of drug-likeness (QED) is 0.518. The molecule has 0 aliphatic carbocycles. The van der Waals surface area contributed by atoms with Crippen molar-refractivity contribution >= 4 is 11.9 Å². The van der Waals surface area contributed by atoms with Crippen LogP contribution in [0.3, 0.4) is 0 Å². The van der Waals surface area contributed by atoms with E-state index in [0.29, 0.717) is 13.2 Å². The van der Waals surface area contributed by atoms with Gasteiger partial charge >= 0.3 is 5.97 Å². The molecule has 1 aliphatic heterocycles. The van der Waals surface area contributed by atoms with Gasteiger partial charge in [0.05, 0.1) is 18.8 Å². The molecule has 0 aromatic carbocycles. The predicted molar refractivity (Wildman–Crippen MR) is 72.3 cm³/mol. The minimum atomic E-state index is -1.00. The number of ether oxygens (including phenoxy) is 1. The zero-order valence-electron chi connectivity index (χ0n) is 12.0. The molecule has 1 aliphatic rings. The standard InChI is InChI=1S/C13H24N2O5/c1-9(2)20-5-3-4-14-12(17)8-15-7-10(16)6-11(15)13(18)19/h9-11,16H,3-8H2,1-2H3,(H,14,17)(H,18,19). The highest BCUT2D eigenvalue weighted by molar-refractivity contribution is 5.80. The Hall–Kier alpha value is -1.18. The van der Waals surface area contributed by atoms with Crippen LogP contribution < -0.4 is 5.32 Å². The topological polar surface area (TPSA) is 99.1 Å². The third kappa shape index (κ3) is 5.85. The fourth-order valence-electron chi connectivity index (χ4n) is 2.17. The van der Waals surface area contributed by atoms with E-state index in [1.807, 2.05) is 13.8 Å². The molecular formula is C13H24N2O5. The number of carbonyl (C=O) groups excluding carboxylic acids is 1. The van der Waals surface area contributed by atoms with Crippen LogP contribution in [0.25, 0.3) is 0 Å². The number of aliphatic carboxylic acids is 1. The molecule has 1 fully saturated rings. The third-order valence-electron chi connectivity index (χ3n) is 3.11. The van der Waals surface area contributed by atoms with E-state index >= 15 is 0 Å². The van der Waals surface area contributed by atoms with Gasteiger partial charge < -0.3 is 20.3 Å². The number of carbonyl (C=O) groups is 2. The number of likely N-dealkylation sites (tertiary alicyclic amines) is 1. The molecule has 20 heavy (non-hydrogen) atoms. The van der Waals surface area contributed by atoms with Gasteiger partial charge in [-0.1, -0.05) is 0 Å². The largest absolute Gasteiger partial charge is 0.480 e. The van der Waals surface area contributed by atoms with Crippen LogP contribution >= 0.6 is 0 Å². The fraction of sp³-hybridized carbons (Fsp3) is 0.846. The second-order valence-electron chi connectivity index (χ2n) is 5.30. The SMILES string of the molecule is CC(C)OCCCNC(=O)CN1CC(O)CC1C(=O)O. The highest BCUT2D eigenvalue weighted by atomic mass is 16.5. The molecular weight excluding hydrogens is 264 g/mol. The molecule has 0 bridgehead atoms. The van der Waals surface area contributed by atoms with Crippen molar-refractivity contribution in [3.63, 3.8) is 0 Å². The van der Waals surface area contributed by atoms with Gasteiger partial charge in [-0.3, -0.25) is 14.5 Å². The minimum absolute atomic E-state index is 0.000928. The Kier molecular flexibility index (Phi) is 6.90. The zero-order chi connectivity index (χ0) is 15.1. The van der Waals surface area contributed by atoms with E-state index in [1.165, 1.54) is 4.90 Å². The molecule has 3 N–H and O–H groups in total. The summed E-state index contributed by atoms with van der Waals surface area (Å²) in [6, 6.07) is -0.778. The Balaban J connectivity index is 2.22. The molecule has 0 spiro atoms. The Morgan fingerprint density at radius 1 is 1.45 bits per heavy atom. The monoisotopic (exact) mass is 288 g/mol. The van der Waals surface area contributed by atoms with Crippen LogP contribution in [-0.2, 0) is 14.3 Å². The minimum Gasteiger partial charge on any atom is -0.480 e. The maximum Gasteiger partial charge on any atom is 0.321 e. The lowest BCUT2D eigenvalue weighted by Crippen LogP contribution is -2.43. The number of hydrogen-bond donors (Lipinski definition) is 3. The smallest absolute Gasteiger partial charge is 0.321 e. The number of carboxylic acid groups (broad SMARTS) is 1. The molecule has 7 nitrogen and oxygen atoms in total. The van der Waals surface area contributed by atoms with Gasteiger partial charge in [-0.25, -0.2) is 0 Å². The van der Waals surface area contributed by atoms with Gasteiger partial charge in [0.2, 0.25) is 5.91 Å². The normalized spacial score (nSPS) is 23.2. The van der Waals surface area contributed by atoms with Crippen LogP contribution in [-0.4, -0.2) is 71.5 Å². The molecule has 2 atom stereocenters. The molecule has 1 heterocycles. The van der Waals surface area contributed by atoms with E-state index in [-0.39, 0.29) is 31.5 Å². The van der Waals surface area contributed by atoms with E-state index in [2.05, 4.69) is 5.32 Å². The molecule has 0 aromatic rings. The van der Waals surface area contributed by atoms with Gasteiger partial charge in [0, 0.05) is 26.1 Å². The number of nitrogens with one attached hydrogen (secondary N) is 1. The lowest BCUT2D eigenvalue weighted by molar-refractivity contribution is -0.142. The highest BCUT2D eigenvalue weighted by Gasteiger charge is 2.36. The van der Waals surface area contributed by atoms with Gasteiger partial charge in [0.1, 0.15) is 6.04 Å². The molecule has 1 saturated heterocycles. The predicted octanol–water partition coefficient (Wildman–Crippen LogP) is -0.562. The highest BCUT2D eigenvalue weighted by Crippen LogP contribution is 2.17. The number of rotatable bonds is 8. The Morgan fingerprint density at radius 2 is 2.15 bits per heavy atom. The molecule has 0 aromatic heterocycles. The Bertz CT molecular complexity index is 335. The van der Waals surface area contributed by atoms with Crippen LogP contribution in [0, 0.1) is 0 Å². The molecule has 0 radical (unpaired) electrons. The summed E-state index contributed by atoms with van der Waals surface area (Å²) in [5, 5.41) is 21.2. The Labute approximate surface area is 118 Å².